The fourth-order valence-electron chi connectivity index (χ4n) is 3.10. The fourth-order valence-corrected chi connectivity index (χ4v) is 3.10. The third-order valence-electron chi connectivity index (χ3n) is 4.37. The summed E-state index contributed by atoms with van der Waals surface area (Å²) in [5.74, 6) is 0.428. The summed E-state index contributed by atoms with van der Waals surface area (Å²) in [5.41, 5.74) is 2.06. The Labute approximate surface area is 155 Å². The van der Waals surface area contributed by atoms with Crippen LogP contribution in [0.15, 0.2) is 35.3 Å². The summed E-state index contributed by atoms with van der Waals surface area (Å²) in [4.78, 5) is 35.6. The van der Waals surface area contributed by atoms with Gasteiger partial charge in [0.2, 0.25) is 0 Å². The highest BCUT2D eigenvalue weighted by molar-refractivity contribution is 5.74. The Balaban J connectivity index is 1.65. The van der Waals surface area contributed by atoms with Crippen LogP contribution < -0.4 is 5.56 Å². The summed E-state index contributed by atoms with van der Waals surface area (Å²) < 4.78 is 6.81. The molecule has 2 aromatic heterocycles. The van der Waals surface area contributed by atoms with Gasteiger partial charge in [0.25, 0.3) is 5.56 Å². The van der Waals surface area contributed by atoms with E-state index >= 15 is 0 Å². The number of aromatic amines is 1. The molecule has 0 atom stereocenters. The molecule has 1 aliphatic heterocycles. The van der Waals surface area contributed by atoms with Gasteiger partial charge in [-0.15, -0.1) is 0 Å². The van der Waals surface area contributed by atoms with E-state index in [-0.39, 0.29) is 12.1 Å². The number of fused-ring (bicyclic) bond motifs is 2. The molecule has 8 heteroatoms. The van der Waals surface area contributed by atoms with Gasteiger partial charge in [0.1, 0.15) is 5.60 Å². The van der Waals surface area contributed by atoms with E-state index in [1.54, 1.807) is 11.1 Å². The molecule has 0 aliphatic carbocycles. The van der Waals surface area contributed by atoms with Crippen LogP contribution in [0.2, 0.25) is 0 Å². The molecule has 0 saturated carbocycles. The Morgan fingerprint density at radius 2 is 1.96 bits per heavy atom. The van der Waals surface area contributed by atoms with E-state index in [4.69, 9.17) is 4.74 Å². The van der Waals surface area contributed by atoms with Crippen molar-refractivity contribution in [2.24, 2.45) is 0 Å². The minimum absolute atomic E-state index is 0.216. The number of ether oxygens (including phenoxy) is 1. The van der Waals surface area contributed by atoms with Crippen molar-refractivity contribution in [2.75, 3.05) is 6.54 Å². The molecule has 4 rings (SSSR count). The van der Waals surface area contributed by atoms with E-state index < -0.39 is 11.7 Å². The number of carbonyl (C=O) groups is 1. The summed E-state index contributed by atoms with van der Waals surface area (Å²) in [6, 6.07) is 7.49. The number of amides is 1. The van der Waals surface area contributed by atoms with Crippen LogP contribution in [0.25, 0.3) is 16.9 Å². The second-order valence-electron chi connectivity index (χ2n) is 7.58. The van der Waals surface area contributed by atoms with Crippen LogP contribution in [-0.4, -0.2) is 42.9 Å². The third-order valence-corrected chi connectivity index (χ3v) is 4.37. The van der Waals surface area contributed by atoms with Gasteiger partial charge in [-0.3, -0.25) is 14.9 Å². The van der Waals surface area contributed by atoms with Crippen molar-refractivity contribution in [3.8, 4) is 5.82 Å². The highest BCUT2D eigenvalue weighted by atomic mass is 16.6. The molecular formula is C19H21N5O3. The number of para-hydroxylation sites is 2. The lowest BCUT2D eigenvalue weighted by atomic mass is 10.1. The number of rotatable bonds is 1. The molecule has 1 aliphatic rings. The smallest absolute Gasteiger partial charge is 0.410 e. The van der Waals surface area contributed by atoms with Gasteiger partial charge in [0, 0.05) is 18.7 Å². The number of benzene rings is 1. The molecule has 1 N–H and O–H groups in total. The van der Waals surface area contributed by atoms with Crippen LogP contribution in [0.3, 0.4) is 0 Å². The Bertz CT molecular complexity index is 1080. The maximum absolute atomic E-state index is 12.9. The Morgan fingerprint density at radius 1 is 1.22 bits per heavy atom. The first-order valence-corrected chi connectivity index (χ1v) is 8.85. The molecule has 1 amide bonds. The summed E-state index contributed by atoms with van der Waals surface area (Å²) in [6.45, 7) is 6.17. The molecule has 27 heavy (non-hydrogen) atoms. The summed E-state index contributed by atoms with van der Waals surface area (Å²) in [7, 11) is 0. The van der Waals surface area contributed by atoms with Gasteiger partial charge in [0.05, 0.1) is 29.3 Å². The number of carbonyl (C=O) groups excluding carboxylic acids is 1. The molecule has 0 radical (unpaired) electrons. The van der Waals surface area contributed by atoms with Crippen molar-refractivity contribution in [2.45, 2.75) is 39.3 Å². The van der Waals surface area contributed by atoms with Crippen molar-refractivity contribution in [1.29, 1.82) is 0 Å². The molecule has 0 saturated heterocycles. The lowest BCUT2D eigenvalue weighted by Gasteiger charge is -2.29. The van der Waals surface area contributed by atoms with Gasteiger partial charge in [-0.05, 0) is 32.9 Å². The van der Waals surface area contributed by atoms with Crippen LogP contribution in [0.1, 0.15) is 32.0 Å². The van der Waals surface area contributed by atoms with Crippen molar-refractivity contribution >= 4 is 17.1 Å². The van der Waals surface area contributed by atoms with Gasteiger partial charge in [-0.25, -0.2) is 9.78 Å². The molecule has 140 valence electrons. The lowest BCUT2D eigenvalue weighted by Crippen LogP contribution is -2.41. The summed E-state index contributed by atoms with van der Waals surface area (Å²) >= 11 is 0. The van der Waals surface area contributed by atoms with E-state index in [1.807, 2.05) is 45.0 Å². The summed E-state index contributed by atoms with van der Waals surface area (Å²) in [5, 5.41) is 3.11. The zero-order valence-corrected chi connectivity index (χ0v) is 15.5. The third kappa shape index (κ3) is 3.30. The number of nitrogens with one attached hydrogen (secondary N) is 1. The van der Waals surface area contributed by atoms with Gasteiger partial charge >= 0.3 is 6.09 Å². The normalized spacial score (nSPS) is 14.3. The number of H-pyrrole nitrogens is 1. The maximum atomic E-state index is 12.9. The van der Waals surface area contributed by atoms with Crippen LogP contribution in [-0.2, 0) is 17.7 Å². The SMILES string of the molecule is CC(C)(C)OC(=O)N1CCc2[nH]n(-c3cnc4ccccc4n3)c(=O)c2C1. The number of nitrogens with zero attached hydrogens (tertiary/aromatic N) is 4. The minimum atomic E-state index is -0.573. The van der Waals surface area contributed by atoms with Crippen molar-refractivity contribution < 1.29 is 9.53 Å². The first-order valence-electron chi connectivity index (χ1n) is 8.85. The molecule has 0 unspecified atom stereocenters. The topological polar surface area (TPSA) is 93.1 Å². The highest BCUT2D eigenvalue weighted by Crippen LogP contribution is 2.19. The highest BCUT2D eigenvalue weighted by Gasteiger charge is 2.29. The molecule has 0 fully saturated rings. The zero-order valence-electron chi connectivity index (χ0n) is 15.5. The first kappa shape index (κ1) is 17.3. The average molecular weight is 367 g/mol. The Kier molecular flexibility index (Phi) is 3.98. The average Bonchev–Trinajstić information content (AvgIpc) is 2.96. The molecule has 3 heterocycles. The van der Waals surface area contributed by atoms with Crippen molar-refractivity contribution in [3.05, 3.63) is 52.1 Å². The number of aromatic nitrogens is 4. The standard InChI is InChI=1S/C19H21N5O3/c1-19(2,3)27-18(26)23-9-8-13-12(11-23)17(25)24(22-13)16-10-20-14-6-4-5-7-15(14)21-16/h4-7,10,22H,8-9,11H2,1-3H3. The fraction of sp³-hybridized carbons (Fsp3) is 0.368. The van der Waals surface area contributed by atoms with Crippen molar-refractivity contribution in [3.63, 3.8) is 0 Å². The molecule has 8 nitrogen and oxygen atoms in total. The second kappa shape index (κ2) is 6.22. The van der Waals surface area contributed by atoms with E-state index in [2.05, 4.69) is 15.1 Å². The summed E-state index contributed by atoms with van der Waals surface area (Å²) in [6.07, 6.45) is 1.71. The monoisotopic (exact) mass is 367 g/mol. The van der Waals surface area contributed by atoms with Gasteiger partial charge in [-0.2, -0.15) is 4.68 Å². The zero-order chi connectivity index (χ0) is 19.2. The second-order valence-corrected chi connectivity index (χ2v) is 7.58. The Morgan fingerprint density at radius 3 is 2.70 bits per heavy atom. The maximum Gasteiger partial charge on any atom is 0.410 e. The molecule has 3 aromatic rings. The minimum Gasteiger partial charge on any atom is -0.444 e. The molecule has 1 aromatic carbocycles. The molecular weight excluding hydrogens is 346 g/mol. The van der Waals surface area contributed by atoms with Gasteiger partial charge < -0.3 is 9.64 Å². The van der Waals surface area contributed by atoms with Crippen LogP contribution in [0.4, 0.5) is 4.79 Å². The number of hydrogen-bond acceptors (Lipinski definition) is 5. The predicted molar refractivity (Wildman–Crippen MR) is 99.8 cm³/mol. The Hall–Kier alpha value is -3.16. The van der Waals surface area contributed by atoms with Gasteiger partial charge in [0.15, 0.2) is 5.82 Å². The van der Waals surface area contributed by atoms with Crippen LogP contribution >= 0.6 is 0 Å². The van der Waals surface area contributed by atoms with E-state index in [9.17, 15) is 9.59 Å². The van der Waals surface area contributed by atoms with E-state index in [1.165, 1.54) is 4.68 Å². The largest absolute Gasteiger partial charge is 0.444 e. The lowest BCUT2D eigenvalue weighted by molar-refractivity contribution is 0.0223. The van der Waals surface area contributed by atoms with Crippen LogP contribution in [0.5, 0.6) is 0 Å². The molecule has 0 spiro atoms. The quantitative estimate of drug-likeness (QED) is 0.713. The van der Waals surface area contributed by atoms with E-state index in [0.29, 0.717) is 29.9 Å². The first-order chi connectivity index (χ1) is 12.8. The predicted octanol–water partition coefficient (Wildman–Crippen LogP) is 2.40. The van der Waals surface area contributed by atoms with E-state index in [0.717, 1.165) is 11.2 Å². The van der Waals surface area contributed by atoms with Crippen LogP contribution in [0, 0.1) is 0 Å². The molecule has 0 bridgehead atoms. The van der Waals surface area contributed by atoms with Crippen molar-refractivity contribution in [1.82, 2.24) is 24.6 Å². The number of hydrogen-bond donors (Lipinski definition) is 1. The van der Waals surface area contributed by atoms with Gasteiger partial charge in [-0.1, -0.05) is 12.1 Å².